The van der Waals surface area contributed by atoms with Gasteiger partial charge in [-0.15, -0.1) is 0 Å². The van der Waals surface area contributed by atoms with Gasteiger partial charge < -0.3 is 24.1 Å². The molecule has 4 atom stereocenters. The molecular weight excluding hydrogens is 416 g/mol. The van der Waals surface area contributed by atoms with E-state index in [1.807, 2.05) is 19.1 Å². The Labute approximate surface area is 168 Å². The third-order valence-corrected chi connectivity index (χ3v) is 4.76. The maximum atomic E-state index is 11.3. The van der Waals surface area contributed by atoms with Crippen molar-refractivity contribution >= 4 is 21.9 Å². The predicted octanol–water partition coefficient (Wildman–Crippen LogP) is 3.91. The van der Waals surface area contributed by atoms with Crippen molar-refractivity contribution < 1.29 is 28.8 Å². The molecule has 27 heavy (non-hydrogen) atoms. The Morgan fingerprint density at radius 1 is 1.41 bits per heavy atom. The van der Waals surface area contributed by atoms with Gasteiger partial charge in [0.25, 0.3) is 0 Å². The molecule has 0 saturated carbocycles. The van der Waals surface area contributed by atoms with E-state index in [2.05, 4.69) is 29.4 Å². The highest BCUT2D eigenvalue weighted by atomic mass is 79.9. The summed E-state index contributed by atoms with van der Waals surface area (Å²) in [5.41, 5.74) is 1.18. The standard InChI is InChI=1S/C20H27BrO6/c1-5-16-8-13(4)26-20(27-16)14-6-7-18(17(21)9-14)24-10-15(22)11-25-19(23)12(2)3/h6-7,9,13,15-16,20,22H,2,5,8,10-11H2,1,3-4H3. The number of benzene rings is 1. The van der Waals surface area contributed by atoms with Gasteiger partial charge in [0.1, 0.15) is 25.1 Å². The van der Waals surface area contributed by atoms with Gasteiger partial charge >= 0.3 is 5.97 Å². The van der Waals surface area contributed by atoms with Crippen LogP contribution in [-0.4, -0.2) is 42.6 Å². The molecule has 150 valence electrons. The first kappa shape index (κ1) is 21.9. The monoisotopic (exact) mass is 442 g/mol. The summed E-state index contributed by atoms with van der Waals surface area (Å²) in [5, 5.41) is 9.89. The fourth-order valence-corrected chi connectivity index (χ4v) is 3.14. The third-order valence-electron chi connectivity index (χ3n) is 4.14. The average Bonchev–Trinajstić information content (AvgIpc) is 2.64. The molecule has 0 aliphatic carbocycles. The van der Waals surface area contributed by atoms with Crippen LogP contribution in [0.25, 0.3) is 0 Å². The molecule has 1 aliphatic rings. The summed E-state index contributed by atoms with van der Waals surface area (Å²) in [6, 6.07) is 5.56. The number of halogens is 1. The van der Waals surface area contributed by atoms with Crippen molar-refractivity contribution in [2.75, 3.05) is 13.2 Å². The summed E-state index contributed by atoms with van der Waals surface area (Å²) < 4.78 is 23.1. The largest absolute Gasteiger partial charge is 0.490 e. The minimum atomic E-state index is -0.934. The molecule has 0 amide bonds. The number of hydrogen-bond donors (Lipinski definition) is 1. The Balaban J connectivity index is 1.90. The van der Waals surface area contributed by atoms with Crippen LogP contribution < -0.4 is 4.74 Å². The van der Waals surface area contributed by atoms with E-state index in [1.165, 1.54) is 0 Å². The first-order valence-corrected chi connectivity index (χ1v) is 9.83. The van der Waals surface area contributed by atoms with Crippen LogP contribution in [0.2, 0.25) is 0 Å². The van der Waals surface area contributed by atoms with Gasteiger partial charge in [-0.25, -0.2) is 4.79 Å². The van der Waals surface area contributed by atoms with Gasteiger partial charge in [-0.1, -0.05) is 19.6 Å². The topological polar surface area (TPSA) is 74.2 Å². The second kappa shape index (κ2) is 10.2. The molecule has 4 unspecified atom stereocenters. The summed E-state index contributed by atoms with van der Waals surface area (Å²) in [7, 11) is 0. The minimum Gasteiger partial charge on any atom is -0.490 e. The molecule has 1 fully saturated rings. The first-order chi connectivity index (χ1) is 12.8. The molecule has 0 spiro atoms. The number of esters is 1. The van der Waals surface area contributed by atoms with Crippen LogP contribution in [0.3, 0.4) is 0 Å². The summed E-state index contributed by atoms with van der Waals surface area (Å²) in [4.78, 5) is 11.3. The Morgan fingerprint density at radius 2 is 2.15 bits per heavy atom. The van der Waals surface area contributed by atoms with E-state index in [0.717, 1.165) is 22.9 Å². The van der Waals surface area contributed by atoms with Crippen molar-refractivity contribution in [2.24, 2.45) is 0 Å². The molecule has 1 aromatic rings. The van der Waals surface area contributed by atoms with Gasteiger partial charge in [-0.3, -0.25) is 0 Å². The van der Waals surface area contributed by atoms with Crippen LogP contribution in [0.15, 0.2) is 34.8 Å². The predicted molar refractivity (Wildman–Crippen MR) is 104 cm³/mol. The highest BCUT2D eigenvalue weighted by Crippen LogP contribution is 2.34. The normalized spacial score (nSPS) is 23.5. The highest BCUT2D eigenvalue weighted by Gasteiger charge is 2.28. The van der Waals surface area contributed by atoms with E-state index in [-0.39, 0.29) is 31.0 Å². The summed E-state index contributed by atoms with van der Waals surface area (Å²) >= 11 is 3.48. The molecular formula is C20H27BrO6. The van der Waals surface area contributed by atoms with Gasteiger partial charge in [-0.2, -0.15) is 0 Å². The lowest BCUT2D eigenvalue weighted by atomic mass is 10.1. The second-order valence-corrected chi connectivity index (χ2v) is 7.57. The maximum absolute atomic E-state index is 11.3. The Morgan fingerprint density at radius 3 is 2.78 bits per heavy atom. The van der Waals surface area contributed by atoms with Crippen molar-refractivity contribution in [1.82, 2.24) is 0 Å². The van der Waals surface area contributed by atoms with Gasteiger partial charge in [0.05, 0.1) is 16.7 Å². The molecule has 7 heteroatoms. The first-order valence-electron chi connectivity index (χ1n) is 9.04. The molecule has 0 radical (unpaired) electrons. The van der Waals surface area contributed by atoms with Crippen molar-refractivity contribution in [1.29, 1.82) is 0 Å². The highest BCUT2D eigenvalue weighted by molar-refractivity contribution is 9.10. The van der Waals surface area contributed by atoms with E-state index in [1.54, 1.807) is 13.0 Å². The van der Waals surface area contributed by atoms with E-state index < -0.39 is 18.4 Å². The lowest BCUT2D eigenvalue weighted by Gasteiger charge is -2.34. The van der Waals surface area contributed by atoms with Gasteiger partial charge in [0, 0.05) is 11.1 Å². The number of aliphatic hydroxyl groups is 1. The van der Waals surface area contributed by atoms with Gasteiger partial charge in [0.15, 0.2) is 6.29 Å². The summed E-state index contributed by atoms with van der Waals surface area (Å²) in [5.74, 6) is 0.0339. The lowest BCUT2D eigenvalue weighted by Crippen LogP contribution is -2.31. The van der Waals surface area contributed by atoms with Crippen LogP contribution in [0.5, 0.6) is 5.75 Å². The van der Waals surface area contributed by atoms with Crippen LogP contribution in [0.4, 0.5) is 0 Å². The molecule has 6 nitrogen and oxygen atoms in total. The smallest absolute Gasteiger partial charge is 0.333 e. The quantitative estimate of drug-likeness (QED) is 0.485. The van der Waals surface area contributed by atoms with Crippen molar-refractivity contribution in [3.8, 4) is 5.75 Å². The Kier molecular flexibility index (Phi) is 8.28. The van der Waals surface area contributed by atoms with E-state index >= 15 is 0 Å². The van der Waals surface area contributed by atoms with Crippen LogP contribution in [-0.2, 0) is 19.0 Å². The molecule has 0 aromatic heterocycles. The van der Waals surface area contributed by atoms with Gasteiger partial charge in [0.2, 0.25) is 0 Å². The van der Waals surface area contributed by atoms with Crippen LogP contribution >= 0.6 is 15.9 Å². The third kappa shape index (κ3) is 6.60. The van der Waals surface area contributed by atoms with Crippen molar-refractivity contribution in [2.45, 2.75) is 58.2 Å². The molecule has 1 aromatic carbocycles. The number of ether oxygens (including phenoxy) is 4. The number of hydrogen-bond acceptors (Lipinski definition) is 6. The Hall–Kier alpha value is -1.41. The summed E-state index contributed by atoms with van der Waals surface area (Å²) in [6.07, 6.45) is 0.821. The molecule has 1 heterocycles. The van der Waals surface area contributed by atoms with Crippen molar-refractivity contribution in [3.63, 3.8) is 0 Å². The molecule has 0 bridgehead atoms. The zero-order valence-electron chi connectivity index (χ0n) is 15.9. The Bertz CT molecular complexity index is 662. The molecule has 2 rings (SSSR count). The van der Waals surface area contributed by atoms with Gasteiger partial charge in [-0.05, 0) is 54.8 Å². The van der Waals surface area contributed by atoms with Crippen molar-refractivity contribution in [3.05, 3.63) is 40.4 Å². The maximum Gasteiger partial charge on any atom is 0.333 e. The summed E-state index contributed by atoms with van der Waals surface area (Å²) in [6.45, 7) is 9.03. The second-order valence-electron chi connectivity index (χ2n) is 6.71. The zero-order chi connectivity index (χ0) is 20.0. The zero-order valence-corrected chi connectivity index (χ0v) is 17.5. The van der Waals surface area contributed by atoms with E-state index in [9.17, 15) is 9.90 Å². The minimum absolute atomic E-state index is 0.00715. The molecule has 1 aliphatic heterocycles. The lowest BCUT2D eigenvalue weighted by molar-refractivity contribution is -0.243. The fourth-order valence-electron chi connectivity index (χ4n) is 2.63. The number of aliphatic hydroxyl groups excluding tert-OH is 1. The van der Waals surface area contributed by atoms with Crippen LogP contribution in [0, 0.1) is 0 Å². The van der Waals surface area contributed by atoms with E-state index in [0.29, 0.717) is 5.75 Å². The van der Waals surface area contributed by atoms with E-state index in [4.69, 9.17) is 18.9 Å². The average molecular weight is 443 g/mol. The van der Waals surface area contributed by atoms with Crippen LogP contribution in [0.1, 0.15) is 45.5 Å². The fraction of sp³-hybridized carbons (Fsp3) is 0.550. The molecule has 1 N–H and O–H groups in total. The molecule has 1 saturated heterocycles. The number of carbonyl (C=O) groups is 1. The number of rotatable bonds is 8. The SMILES string of the molecule is C=C(C)C(=O)OCC(O)COc1ccc(C2OC(C)CC(CC)O2)cc1Br. The number of carbonyl (C=O) groups excluding carboxylic acids is 1.